The van der Waals surface area contributed by atoms with Crippen LogP contribution in [0.25, 0.3) is 0 Å². The van der Waals surface area contributed by atoms with Crippen LogP contribution in [0.1, 0.15) is 12.5 Å². The first kappa shape index (κ1) is 10.3. The Morgan fingerprint density at radius 1 is 1.46 bits per heavy atom. The molecule has 0 heterocycles. The second kappa shape index (κ2) is 4.42. The van der Waals surface area contributed by atoms with Crippen LogP contribution in [0.3, 0.4) is 0 Å². The summed E-state index contributed by atoms with van der Waals surface area (Å²) in [5, 5.41) is 7.43. The largest absolute Gasteiger partial charge is 0.359 e. The van der Waals surface area contributed by atoms with Crippen LogP contribution in [0, 0.1) is 5.41 Å². The minimum Gasteiger partial charge on any atom is -0.359 e. The maximum Gasteiger partial charge on any atom is 0.0926 e. The highest BCUT2D eigenvalue weighted by Crippen LogP contribution is 2.17. The number of amidine groups is 1. The Balaban J connectivity index is 2.74. The highest BCUT2D eigenvalue weighted by molar-refractivity contribution is 9.10. The first-order valence-corrected chi connectivity index (χ1v) is 4.90. The summed E-state index contributed by atoms with van der Waals surface area (Å²) < 4.78 is 1.10. The van der Waals surface area contributed by atoms with E-state index in [2.05, 4.69) is 22.0 Å². The van der Waals surface area contributed by atoms with Crippen molar-refractivity contribution in [3.63, 3.8) is 0 Å². The molecule has 1 aromatic rings. The first-order chi connectivity index (χ1) is 6.11. The Morgan fingerprint density at radius 3 is 2.62 bits per heavy atom. The van der Waals surface area contributed by atoms with Crippen molar-refractivity contribution in [2.75, 3.05) is 7.05 Å². The van der Waals surface area contributed by atoms with Gasteiger partial charge in [0.1, 0.15) is 0 Å². The van der Waals surface area contributed by atoms with Gasteiger partial charge in [0.05, 0.1) is 5.84 Å². The molecule has 0 unspecified atom stereocenters. The zero-order valence-corrected chi connectivity index (χ0v) is 9.43. The second-order valence-corrected chi connectivity index (χ2v) is 3.89. The van der Waals surface area contributed by atoms with Gasteiger partial charge in [0, 0.05) is 18.1 Å². The predicted octanol–water partition coefficient (Wildman–Crippen LogP) is 2.88. The SMILES string of the molecule is CC(=N)N(C)Cc1ccccc1Br. The second-order valence-electron chi connectivity index (χ2n) is 3.03. The van der Waals surface area contributed by atoms with Gasteiger partial charge in [-0.25, -0.2) is 0 Å². The van der Waals surface area contributed by atoms with E-state index in [9.17, 15) is 0 Å². The van der Waals surface area contributed by atoms with Gasteiger partial charge >= 0.3 is 0 Å². The molecule has 0 amide bonds. The van der Waals surface area contributed by atoms with Crippen LogP contribution in [-0.4, -0.2) is 17.8 Å². The highest BCUT2D eigenvalue weighted by Gasteiger charge is 2.02. The van der Waals surface area contributed by atoms with E-state index in [-0.39, 0.29) is 0 Å². The molecule has 0 bridgehead atoms. The molecule has 0 spiro atoms. The van der Waals surface area contributed by atoms with Crippen molar-refractivity contribution in [3.05, 3.63) is 34.3 Å². The number of nitrogens with zero attached hydrogens (tertiary/aromatic N) is 1. The Morgan fingerprint density at radius 2 is 2.08 bits per heavy atom. The Labute approximate surface area is 87.2 Å². The molecule has 0 aliphatic carbocycles. The number of hydrogen-bond donors (Lipinski definition) is 1. The van der Waals surface area contributed by atoms with Gasteiger partial charge in [-0.15, -0.1) is 0 Å². The van der Waals surface area contributed by atoms with E-state index < -0.39 is 0 Å². The lowest BCUT2D eigenvalue weighted by Crippen LogP contribution is -2.22. The molecular formula is C10H13BrN2. The molecule has 0 aromatic heterocycles. The lowest BCUT2D eigenvalue weighted by Gasteiger charge is -2.17. The number of rotatable bonds is 2. The molecule has 0 aliphatic rings. The summed E-state index contributed by atoms with van der Waals surface area (Å²) in [4.78, 5) is 1.90. The van der Waals surface area contributed by atoms with Crippen LogP contribution in [0.4, 0.5) is 0 Å². The molecule has 0 fully saturated rings. The molecule has 0 saturated carbocycles. The molecule has 1 N–H and O–H groups in total. The molecule has 0 aliphatic heterocycles. The van der Waals surface area contributed by atoms with Crippen LogP contribution in [0.2, 0.25) is 0 Å². The van der Waals surface area contributed by atoms with Gasteiger partial charge < -0.3 is 4.90 Å². The minimum atomic E-state index is 0.579. The standard InChI is InChI=1S/C10H13BrN2/c1-8(12)13(2)7-9-5-3-4-6-10(9)11/h3-6,12H,7H2,1-2H3. The highest BCUT2D eigenvalue weighted by atomic mass is 79.9. The molecule has 1 rings (SSSR count). The maximum absolute atomic E-state index is 7.43. The first-order valence-electron chi connectivity index (χ1n) is 4.11. The van der Waals surface area contributed by atoms with E-state index in [1.165, 1.54) is 5.56 Å². The van der Waals surface area contributed by atoms with Crippen molar-refractivity contribution >= 4 is 21.8 Å². The van der Waals surface area contributed by atoms with Gasteiger partial charge in [-0.2, -0.15) is 0 Å². The average Bonchev–Trinajstić information content (AvgIpc) is 2.08. The third-order valence-electron chi connectivity index (χ3n) is 1.94. The van der Waals surface area contributed by atoms with Crippen molar-refractivity contribution in [3.8, 4) is 0 Å². The van der Waals surface area contributed by atoms with Crippen LogP contribution in [0.5, 0.6) is 0 Å². The summed E-state index contributed by atoms with van der Waals surface area (Å²) >= 11 is 3.48. The van der Waals surface area contributed by atoms with Gasteiger partial charge in [-0.1, -0.05) is 34.1 Å². The van der Waals surface area contributed by atoms with E-state index in [1.54, 1.807) is 6.92 Å². The maximum atomic E-state index is 7.43. The van der Waals surface area contributed by atoms with E-state index in [1.807, 2.05) is 30.1 Å². The van der Waals surface area contributed by atoms with Crippen molar-refractivity contribution in [1.29, 1.82) is 5.41 Å². The smallest absolute Gasteiger partial charge is 0.0926 e. The van der Waals surface area contributed by atoms with Crippen molar-refractivity contribution < 1.29 is 0 Å². The van der Waals surface area contributed by atoms with Crippen molar-refractivity contribution in [1.82, 2.24) is 4.90 Å². The number of hydrogen-bond acceptors (Lipinski definition) is 1. The Hall–Kier alpha value is -0.830. The normalized spacial score (nSPS) is 9.77. The van der Waals surface area contributed by atoms with E-state index in [4.69, 9.17) is 5.41 Å². The summed E-state index contributed by atoms with van der Waals surface area (Å²) in [5.74, 6) is 0.579. The third-order valence-corrected chi connectivity index (χ3v) is 2.71. The van der Waals surface area contributed by atoms with Crippen LogP contribution in [-0.2, 0) is 6.54 Å². The molecule has 2 nitrogen and oxygen atoms in total. The van der Waals surface area contributed by atoms with E-state index in [0.29, 0.717) is 5.84 Å². The Kier molecular flexibility index (Phi) is 3.48. The fourth-order valence-electron chi connectivity index (χ4n) is 1.00. The van der Waals surface area contributed by atoms with Gasteiger partial charge in [-0.3, -0.25) is 5.41 Å². The predicted molar refractivity (Wildman–Crippen MR) is 59.0 cm³/mol. The summed E-state index contributed by atoms with van der Waals surface area (Å²) in [6.45, 7) is 2.56. The van der Waals surface area contributed by atoms with Gasteiger partial charge in [0.15, 0.2) is 0 Å². The lowest BCUT2D eigenvalue weighted by molar-refractivity contribution is 0.493. The summed E-state index contributed by atoms with van der Waals surface area (Å²) in [6, 6.07) is 8.07. The van der Waals surface area contributed by atoms with Gasteiger partial charge in [0.2, 0.25) is 0 Å². The molecule has 3 heteroatoms. The minimum absolute atomic E-state index is 0.579. The molecule has 0 saturated heterocycles. The van der Waals surface area contributed by atoms with Crippen LogP contribution in [0.15, 0.2) is 28.7 Å². The lowest BCUT2D eigenvalue weighted by atomic mass is 10.2. The zero-order valence-electron chi connectivity index (χ0n) is 7.84. The van der Waals surface area contributed by atoms with Crippen molar-refractivity contribution in [2.45, 2.75) is 13.5 Å². The summed E-state index contributed by atoms with van der Waals surface area (Å²) in [6.07, 6.45) is 0. The Bertz CT molecular complexity index is 310. The molecule has 70 valence electrons. The van der Waals surface area contributed by atoms with Crippen molar-refractivity contribution in [2.24, 2.45) is 0 Å². The fraction of sp³-hybridized carbons (Fsp3) is 0.300. The van der Waals surface area contributed by atoms with Crippen LogP contribution >= 0.6 is 15.9 Å². The molecular weight excluding hydrogens is 228 g/mol. The molecule has 0 radical (unpaired) electrons. The van der Waals surface area contributed by atoms with E-state index in [0.717, 1.165) is 11.0 Å². The zero-order chi connectivity index (χ0) is 9.84. The quantitative estimate of drug-likeness (QED) is 0.625. The van der Waals surface area contributed by atoms with Gasteiger partial charge in [0.25, 0.3) is 0 Å². The summed E-state index contributed by atoms with van der Waals surface area (Å²) in [7, 11) is 1.92. The molecule has 13 heavy (non-hydrogen) atoms. The van der Waals surface area contributed by atoms with Crippen LogP contribution < -0.4 is 0 Å². The monoisotopic (exact) mass is 240 g/mol. The number of halogens is 1. The molecule has 0 atom stereocenters. The number of benzene rings is 1. The third kappa shape index (κ3) is 2.84. The molecule has 1 aromatic carbocycles. The fourth-order valence-corrected chi connectivity index (χ4v) is 1.41. The number of nitrogens with one attached hydrogen (secondary N) is 1. The summed E-state index contributed by atoms with van der Waals surface area (Å²) in [5.41, 5.74) is 1.21. The topological polar surface area (TPSA) is 27.1 Å². The van der Waals surface area contributed by atoms with Gasteiger partial charge in [-0.05, 0) is 18.6 Å². The van der Waals surface area contributed by atoms with E-state index >= 15 is 0 Å². The average molecular weight is 241 g/mol.